The molecule has 1 aromatic heterocycles. The molecular weight excluding hydrogens is 216 g/mol. The van der Waals surface area contributed by atoms with Crippen molar-refractivity contribution in [3.05, 3.63) is 0 Å². The first kappa shape index (κ1) is 12.0. The molecule has 0 fully saturated rings. The van der Waals surface area contributed by atoms with E-state index in [0.717, 1.165) is 0 Å². The highest BCUT2D eigenvalue weighted by molar-refractivity contribution is 7.91. The number of sulfone groups is 1. The number of aromatic amines is 1. The Morgan fingerprint density at radius 2 is 1.87 bits per heavy atom. The van der Waals surface area contributed by atoms with Crippen LogP contribution in [0.15, 0.2) is 5.16 Å². The van der Waals surface area contributed by atoms with E-state index in [2.05, 4.69) is 20.5 Å². The highest BCUT2D eigenvalue weighted by Gasteiger charge is 2.23. The molecule has 0 aliphatic heterocycles. The Kier molecular flexibility index (Phi) is 3.33. The van der Waals surface area contributed by atoms with Crippen molar-refractivity contribution >= 4 is 15.8 Å². The van der Waals surface area contributed by atoms with Crippen LogP contribution in [0.25, 0.3) is 0 Å². The third kappa shape index (κ3) is 2.68. The third-order valence-electron chi connectivity index (χ3n) is 1.77. The number of hydrogen-bond acceptors (Lipinski definition) is 5. The molecule has 0 aliphatic carbocycles. The van der Waals surface area contributed by atoms with Gasteiger partial charge in [0.15, 0.2) is 0 Å². The van der Waals surface area contributed by atoms with Crippen LogP contribution in [0.5, 0.6) is 0 Å². The Labute approximate surface area is 89.4 Å². The van der Waals surface area contributed by atoms with Crippen LogP contribution in [0.1, 0.15) is 27.7 Å². The molecule has 0 radical (unpaired) electrons. The normalized spacial score (nSPS) is 12.4. The largest absolute Gasteiger partial charge is 0.351 e. The van der Waals surface area contributed by atoms with Gasteiger partial charge in [-0.1, -0.05) is 0 Å². The highest BCUT2D eigenvalue weighted by Crippen LogP contribution is 2.12. The van der Waals surface area contributed by atoms with Gasteiger partial charge in [0.1, 0.15) is 0 Å². The van der Waals surface area contributed by atoms with E-state index in [1.54, 1.807) is 13.8 Å². The predicted octanol–water partition coefficient (Wildman–Crippen LogP) is 0.807. The van der Waals surface area contributed by atoms with Crippen molar-refractivity contribution in [2.45, 2.75) is 44.1 Å². The Morgan fingerprint density at radius 1 is 1.27 bits per heavy atom. The molecule has 7 heteroatoms. The molecule has 0 saturated carbocycles. The van der Waals surface area contributed by atoms with Gasteiger partial charge in [0.25, 0.3) is 0 Å². The number of anilines is 1. The van der Waals surface area contributed by atoms with Gasteiger partial charge in [-0.05, 0) is 27.7 Å². The summed E-state index contributed by atoms with van der Waals surface area (Å²) in [5, 5.41) is 8.53. The zero-order valence-electron chi connectivity index (χ0n) is 9.27. The number of nitrogens with zero attached hydrogens (tertiary/aromatic N) is 2. The van der Waals surface area contributed by atoms with E-state index < -0.39 is 15.1 Å². The van der Waals surface area contributed by atoms with Gasteiger partial charge in [-0.2, -0.15) is 4.98 Å². The first-order valence-corrected chi connectivity index (χ1v) is 6.31. The van der Waals surface area contributed by atoms with Crippen LogP contribution in [0.2, 0.25) is 0 Å². The van der Waals surface area contributed by atoms with Gasteiger partial charge in [-0.3, -0.25) is 0 Å². The average Bonchev–Trinajstić information content (AvgIpc) is 2.51. The van der Waals surface area contributed by atoms with Crippen molar-refractivity contribution in [2.75, 3.05) is 5.32 Å². The van der Waals surface area contributed by atoms with Crippen molar-refractivity contribution in [1.82, 2.24) is 15.2 Å². The summed E-state index contributed by atoms with van der Waals surface area (Å²) in [5.41, 5.74) is 0. The van der Waals surface area contributed by atoms with E-state index in [1.165, 1.54) is 0 Å². The molecule has 0 atom stereocenters. The fraction of sp³-hybridized carbons (Fsp3) is 0.750. The maximum absolute atomic E-state index is 11.7. The molecule has 2 N–H and O–H groups in total. The lowest BCUT2D eigenvalue weighted by atomic mass is 10.4. The molecule has 0 spiro atoms. The van der Waals surface area contributed by atoms with Crippen molar-refractivity contribution in [3.63, 3.8) is 0 Å². The van der Waals surface area contributed by atoms with Gasteiger partial charge in [0.05, 0.1) is 5.25 Å². The van der Waals surface area contributed by atoms with E-state index in [4.69, 9.17) is 0 Å². The Hall–Kier alpha value is -1.11. The maximum atomic E-state index is 11.7. The number of hydrogen-bond donors (Lipinski definition) is 2. The number of aromatic nitrogens is 3. The Balaban J connectivity index is 2.94. The lowest BCUT2D eigenvalue weighted by Gasteiger charge is -2.04. The van der Waals surface area contributed by atoms with Gasteiger partial charge in [-0.25, -0.2) is 13.5 Å². The van der Waals surface area contributed by atoms with Crippen LogP contribution < -0.4 is 5.32 Å². The minimum atomic E-state index is -3.36. The summed E-state index contributed by atoms with van der Waals surface area (Å²) in [4.78, 5) is 3.88. The van der Waals surface area contributed by atoms with Gasteiger partial charge in [0, 0.05) is 6.04 Å². The second-order valence-electron chi connectivity index (χ2n) is 3.86. The monoisotopic (exact) mass is 232 g/mol. The van der Waals surface area contributed by atoms with E-state index >= 15 is 0 Å². The fourth-order valence-corrected chi connectivity index (χ4v) is 1.75. The molecule has 0 saturated heterocycles. The van der Waals surface area contributed by atoms with Crippen molar-refractivity contribution < 1.29 is 8.42 Å². The summed E-state index contributed by atoms with van der Waals surface area (Å²) in [5.74, 6) is 0.309. The molecule has 0 aliphatic rings. The standard InChI is InChI=1S/C8H16N4O2S/c1-5(2)9-7-10-8(12-11-7)15(13,14)6(3)4/h5-6H,1-4H3,(H2,9,10,11,12). The van der Waals surface area contributed by atoms with E-state index in [0.29, 0.717) is 5.95 Å². The van der Waals surface area contributed by atoms with Crippen LogP contribution in [0, 0.1) is 0 Å². The van der Waals surface area contributed by atoms with Crippen LogP contribution in [0.3, 0.4) is 0 Å². The molecule has 0 aromatic carbocycles. The first-order valence-electron chi connectivity index (χ1n) is 4.77. The summed E-state index contributed by atoms with van der Waals surface area (Å²) >= 11 is 0. The molecule has 6 nitrogen and oxygen atoms in total. The fourth-order valence-electron chi connectivity index (χ4n) is 0.920. The maximum Gasteiger partial charge on any atom is 0.245 e. The van der Waals surface area contributed by atoms with Gasteiger partial charge >= 0.3 is 0 Å². The van der Waals surface area contributed by atoms with E-state index in [-0.39, 0.29) is 11.2 Å². The second-order valence-corrected chi connectivity index (χ2v) is 6.28. The number of nitrogens with one attached hydrogen (secondary N) is 2. The quantitative estimate of drug-likeness (QED) is 0.802. The summed E-state index contributed by atoms with van der Waals surface area (Å²) in [7, 11) is -3.36. The predicted molar refractivity (Wildman–Crippen MR) is 57.5 cm³/mol. The zero-order valence-corrected chi connectivity index (χ0v) is 10.1. The average molecular weight is 232 g/mol. The van der Waals surface area contributed by atoms with Crippen molar-refractivity contribution in [2.24, 2.45) is 0 Å². The highest BCUT2D eigenvalue weighted by atomic mass is 32.2. The van der Waals surface area contributed by atoms with Gasteiger partial charge in [0.2, 0.25) is 20.9 Å². The minimum Gasteiger partial charge on any atom is -0.351 e. The molecule has 86 valence electrons. The van der Waals surface area contributed by atoms with E-state index in [9.17, 15) is 8.42 Å². The third-order valence-corrected chi connectivity index (χ3v) is 3.74. The van der Waals surface area contributed by atoms with Crippen LogP contribution in [-0.2, 0) is 9.84 Å². The summed E-state index contributed by atoms with van der Waals surface area (Å²) in [6, 6.07) is 0.162. The summed E-state index contributed by atoms with van der Waals surface area (Å²) in [6.07, 6.45) is 0. The van der Waals surface area contributed by atoms with Crippen LogP contribution in [-0.4, -0.2) is 34.9 Å². The molecule has 0 amide bonds. The number of rotatable bonds is 4. The lowest BCUT2D eigenvalue weighted by molar-refractivity contribution is 0.579. The SMILES string of the molecule is CC(C)Nc1n[nH]c(S(=O)(=O)C(C)C)n1. The molecule has 1 rings (SSSR count). The lowest BCUT2D eigenvalue weighted by Crippen LogP contribution is -2.16. The minimum absolute atomic E-state index is 0.0827. The van der Waals surface area contributed by atoms with Crippen LogP contribution in [0.4, 0.5) is 5.95 Å². The number of H-pyrrole nitrogens is 1. The first-order chi connectivity index (χ1) is 6.84. The van der Waals surface area contributed by atoms with Crippen molar-refractivity contribution in [1.29, 1.82) is 0 Å². The molecule has 0 unspecified atom stereocenters. The summed E-state index contributed by atoms with van der Waals surface area (Å²) < 4.78 is 23.3. The summed E-state index contributed by atoms with van der Waals surface area (Å²) in [6.45, 7) is 7.06. The second kappa shape index (κ2) is 4.18. The van der Waals surface area contributed by atoms with Gasteiger partial charge < -0.3 is 5.32 Å². The molecule has 1 heterocycles. The molecule has 15 heavy (non-hydrogen) atoms. The molecule has 1 aromatic rings. The van der Waals surface area contributed by atoms with E-state index in [1.807, 2.05) is 13.8 Å². The van der Waals surface area contributed by atoms with Crippen molar-refractivity contribution in [3.8, 4) is 0 Å². The van der Waals surface area contributed by atoms with Crippen LogP contribution >= 0.6 is 0 Å². The molecule has 0 bridgehead atoms. The Morgan fingerprint density at radius 3 is 2.33 bits per heavy atom. The van der Waals surface area contributed by atoms with Gasteiger partial charge in [-0.15, -0.1) is 5.10 Å². The Bertz CT molecular complexity index is 422. The zero-order chi connectivity index (χ0) is 11.6. The topological polar surface area (TPSA) is 87.7 Å². The smallest absolute Gasteiger partial charge is 0.245 e. The molecular formula is C8H16N4O2S.